The minimum absolute atomic E-state index is 0.745. The number of hydrogen-bond acceptors (Lipinski definition) is 4. The normalized spacial score (nSPS) is 17.2. The van der Waals surface area contributed by atoms with Gasteiger partial charge in [0, 0.05) is 31.1 Å². The van der Waals surface area contributed by atoms with Gasteiger partial charge in [-0.1, -0.05) is 0 Å². The smallest absolute Gasteiger partial charge is 0.0798 e. The second kappa shape index (κ2) is 2.89. The molecule has 2 rings (SSSR count). The van der Waals surface area contributed by atoms with Gasteiger partial charge < -0.3 is 5.73 Å². The van der Waals surface area contributed by atoms with Crippen molar-refractivity contribution in [3.63, 3.8) is 0 Å². The topological polar surface area (TPSA) is 42.1 Å². The van der Waals surface area contributed by atoms with Crippen LogP contribution in [0.4, 0.5) is 0 Å². The summed E-state index contributed by atoms with van der Waals surface area (Å²) in [5.41, 5.74) is 8.63. The van der Waals surface area contributed by atoms with E-state index < -0.39 is 0 Å². The maximum atomic E-state index is 5.45. The maximum absolute atomic E-state index is 5.45. The molecule has 1 aromatic rings. The van der Waals surface area contributed by atoms with E-state index in [0.29, 0.717) is 0 Å². The lowest BCUT2D eigenvalue weighted by molar-refractivity contribution is 0.292. The van der Waals surface area contributed by atoms with E-state index >= 15 is 0 Å². The Bertz CT molecular complexity index is 225. The molecular weight excluding hydrogens is 158 g/mol. The Labute approximate surface area is 69.8 Å². The summed E-state index contributed by atoms with van der Waals surface area (Å²) >= 11 is 1.75. The monoisotopic (exact) mass is 169 g/mol. The molecule has 1 aliphatic heterocycles. The molecule has 0 amide bonds. The van der Waals surface area contributed by atoms with Crippen LogP contribution >= 0.6 is 11.3 Å². The highest BCUT2D eigenvalue weighted by Gasteiger charge is 2.19. The van der Waals surface area contributed by atoms with Crippen molar-refractivity contribution in [1.82, 2.24) is 9.88 Å². The molecule has 0 radical (unpaired) electrons. The third-order valence-corrected chi connectivity index (χ3v) is 2.77. The molecule has 0 unspecified atom stereocenters. The molecule has 0 bridgehead atoms. The lowest BCUT2D eigenvalue weighted by atomic mass is 10.4. The van der Waals surface area contributed by atoms with Crippen molar-refractivity contribution in [3.05, 3.63) is 16.1 Å². The lowest BCUT2D eigenvalue weighted by Gasteiger charge is -2.11. The molecule has 0 aliphatic carbocycles. The number of nitrogens with two attached hydrogens (primary N) is 1. The number of rotatable bonds is 2. The number of fused-ring (bicyclic) bond motifs is 1. The molecule has 0 saturated heterocycles. The van der Waals surface area contributed by atoms with Crippen molar-refractivity contribution in [2.75, 3.05) is 13.1 Å². The molecule has 0 spiro atoms. The summed E-state index contributed by atoms with van der Waals surface area (Å²) in [7, 11) is 0. The van der Waals surface area contributed by atoms with Crippen LogP contribution in [0.5, 0.6) is 0 Å². The van der Waals surface area contributed by atoms with Crippen molar-refractivity contribution >= 4 is 11.3 Å². The van der Waals surface area contributed by atoms with Crippen LogP contribution in [0.15, 0.2) is 5.51 Å². The molecule has 0 atom stereocenters. The number of hydrogen-bond donors (Lipinski definition) is 1. The van der Waals surface area contributed by atoms with Crippen molar-refractivity contribution in [3.8, 4) is 0 Å². The zero-order chi connectivity index (χ0) is 7.68. The zero-order valence-corrected chi connectivity index (χ0v) is 7.10. The van der Waals surface area contributed by atoms with Gasteiger partial charge in [-0.25, -0.2) is 4.98 Å². The Kier molecular flexibility index (Phi) is 1.89. The molecule has 3 nitrogen and oxygen atoms in total. The molecule has 0 fully saturated rings. The molecule has 1 aromatic heterocycles. The average Bonchev–Trinajstić information content (AvgIpc) is 2.46. The third kappa shape index (κ3) is 1.29. The molecular formula is C7H11N3S. The fourth-order valence-corrected chi connectivity index (χ4v) is 2.18. The molecule has 2 N–H and O–H groups in total. The van der Waals surface area contributed by atoms with E-state index in [9.17, 15) is 0 Å². The van der Waals surface area contributed by atoms with E-state index in [1.165, 1.54) is 10.6 Å². The SMILES string of the molecule is NCCN1Cc2ncsc2C1. The number of thiazole rings is 1. The predicted molar refractivity (Wildman–Crippen MR) is 45.3 cm³/mol. The van der Waals surface area contributed by atoms with E-state index in [4.69, 9.17) is 5.73 Å². The van der Waals surface area contributed by atoms with E-state index in [0.717, 1.165) is 26.2 Å². The van der Waals surface area contributed by atoms with Gasteiger partial charge in [0.25, 0.3) is 0 Å². The fourth-order valence-electron chi connectivity index (χ4n) is 1.36. The first-order valence-corrected chi connectivity index (χ1v) is 4.62. The quantitative estimate of drug-likeness (QED) is 0.697. The highest BCUT2D eigenvalue weighted by Crippen LogP contribution is 2.24. The largest absolute Gasteiger partial charge is 0.329 e. The Morgan fingerprint density at radius 1 is 1.64 bits per heavy atom. The summed E-state index contributed by atoms with van der Waals surface area (Å²) in [5.74, 6) is 0. The summed E-state index contributed by atoms with van der Waals surface area (Å²) in [4.78, 5) is 8.01. The highest BCUT2D eigenvalue weighted by molar-refractivity contribution is 7.09. The molecule has 0 saturated carbocycles. The average molecular weight is 169 g/mol. The van der Waals surface area contributed by atoms with E-state index in [1.54, 1.807) is 11.3 Å². The van der Waals surface area contributed by atoms with Crippen molar-refractivity contribution < 1.29 is 0 Å². The van der Waals surface area contributed by atoms with Crippen LogP contribution in [0.1, 0.15) is 10.6 Å². The molecule has 1 aliphatic rings. The summed E-state index contributed by atoms with van der Waals surface area (Å²) in [6.07, 6.45) is 0. The van der Waals surface area contributed by atoms with Gasteiger partial charge in [-0.3, -0.25) is 4.90 Å². The Balaban J connectivity index is 2.04. The van der Waals surface area contributed by atoms with Crippen LogP contribution < -0.4 is 5.73 Å². The Morgan fingerprint density at radius 2 is 2.55 bits per heavy atom. The second-order valence-electron chi connectivity index (χ2n) is 2.72. The van der Waals surface area contributed by atoms with Gasteiger partial charge in [0.15, 0.2) is 0 Å². The summed E-state index contributed by atoms with van der Waals surface area (Å²) < 4.78 is 0. The Hall–Kier alpha value is -0.450. The standard InChI is InChI=1S/C7H11N3S/c8-1-2-10-3-6-7(4-10)11-5-9-6/h5H,1-4,8H2. The van der Waals surface area contributed by atoms with Gasteiger partial charge in [-0.15, -0.1) is 11.3 Å². The van der Waals surface area contributed by atoms with Crippen LogP contribution in [-0.4, -0.2) is 23.0 Å². The molecule has 11 heavy (non-hydrogen) atoms. The van der Waals surface area contributed by atoms with Crippen LogP contribution in [0.2, 0.25) is 0 Å². The Morgan fingerprint density at radius 3 is 3.27 bits per heavy atom. The van der Waals surface area contributed by atoms with Crippen LogP contribution in [0.25, 0.3) is 0 Å². The molecule has 4 heteroatoms. The van der Waals surface area contributed by atoms with Gasteiger partial charge in [0.1, 0.15) is 0 Å². The first-order valence-electron chi connectivity index (χ1n) is 3.74. The van der Waals surface area contributed by atoms with Gasteiger partial charge in [-0.05, 0) is 0 Å². The van der Waals surface area contributed by atoms with Gasteiger partial charge >= 0.3 is 0 Å². The molecule has 2 heterocycles. The minimum atomic E-state index is 0.745. The van der Waals surface area contributed by atoms with Crippen molar-refractivity contribution in [2.45, 2.75) is 13.1 Å². The first kappa shape index (κ1) is 7.21. The van der Waals surface area contributed by atoms with Gasteiger partial charge in [-0.2, -0.15) is 0 Å². The van der Waals surface area contributed by atoms with Gasteiger partial charge in [0.2, 0.25) is 0 Å². The lowest BCUT2D eigenvalue weighted by Crippen LogP contribution is -2.24. The fraction of sp³-hybridized carbons (Fsp3) is 0.571. The summed E-state index contributed by atoms with van der Waals surface area (Å²) in [5, 5.41) is 0. The van der Waals surface area contributed by atoms with Crippen LogP contribution in [0, 0.1) is 0 Å². The summed E-state index contributed by atoms with van der Waals surface area (Å²) in [6, 6.07) is 0. The van der Waals surface area contributed by atoms with E-state index in [2.05, 4.69) is 9.88 Å². The van der Waals surface area contributed by atoms with Crippen LogP contribution in [-0.2, 0) is 13.1 Å². The summed E-state index contributed by atoms with van der Waals surface area (Å²) in [6.45, 7) is 3.78. The third-order valence-electron chi connectivity index (χ3n) is 1.91. The second-order valence-corrected chi connectivity index (χ2v) is 3.66. The van der Waals surface area contributed by atoms with Crippen molar-refractivity contribution in [2.24, 2.45) is 5.73 Å². The maximum Gasteiger partial charge on any atom is 0.0798 e. The van der Waals surface area contributed by atoms with E-state index in [1.807, 2.05) is 5.51 Å². The number of nitrogens with zero attached hydrogens (tertiary/aromatic N) is 2. The molecule has 60 valence electrons. The minimum Gasteiger partial charge on any atom is -0.329 e. The van der Waals surface area contributed by atoms with Gasteiger partial charge in [0.05, 0.1) is 11.2 Å². The predicted octanol–water partition coefficient (Wildman–Crippen LogP) is 0.417. The van der Waals surface area contributed by atoms with Crippen LogP contribution in [0.3, 0.4) is 0 Å². The first-order chi connectivity index (χ1) is 5.40. The highest BCUT2D eigenvalue weighted by atomic mass is 32.1. The molecule has 0 aromatic carbocycles. The number of aromatic nitrogens is 1. The zero-order valence-electron chi connectivity index (χ0n) is 6.29. The van der Waals surface area contributed by atoms with E-state index in [-0.39, 0.29) is 0 Å². The van der Waals surface area contributed by atoms with Crippen molar-refractivity contribution in [1.29, 1.82) is 0 Å².